The third-order valence-electron chi connectivity index (χ3n) is 5.60. The zero-order chi connectivity index (χ0) is 19.7. The number of rotatable bonds is 5. The van der Waals surface area contributed by atoms with E-state index in [0.717, 1.165) is 31.4 Å². The standard InChI is InChI=1S/C21H26BNO3S/c1-3-5-11-21(4-2)14-23(16-9-7-6-8-10-16)18-12-17(22)19(24)13-20(18)27(25,26)15-21/h6-10,12-13,24H,3-5,11,14-15H2,1-2H3. The summed E-state index contributed by atoms with van der Waals surface area (Å²) in [7, 11) is 2.37. The molecule has 1 atom stereocenters. The van der Waals surface area contributed by atoms with Gasteiger partial charge in [0.15, 0.2) is 9.84 Å². The average molecular weight is 383 g/mol. The summed E-state index contributed by atoms with van der Waals surface area (Å²) in [5.74, 6) is -0.112. The van der Waals surface area contributed by atoms with Gasteiger partial charge in [-0.2, -0.15) is 0 Å². The molecule has 1 aliphatic heterocycles. The molecule has 0 fully saturated rings. The molecule has 1 aliphatic rings. The number of hydrogen-bond donors (Lipinski definition) is 1. The summed E-state index contributed by atoms with van der Waals surface area (Å²) < 4.78 is 26.6. The lowest BCUT2D eigenvalue weighted by Gasteiger charge is -2.36. The number of fused-ring (bicyclic) bond motifs is 1. The molecule has 2 aromatic rings. The van der Waals surface area contributed by atoms with Crippen LogP contribution in [0.15, 0.2) is 47.4 Å². The molecule has 142 valence electrons. The summed E-state index contributed by atoms with van der Waals surface area (Å²) in [6.07, 6.45) is 3.62. The summed E-state index contributed by atoms with van der Waals surface area (Å²) in [6.45, 7) is 4.79. The highest BCUT2D eigenvalue weighted by molar-refractivity contribution is 7.91. The first-order valence-electron chi connectivity index (χ1n) is 9.50. The maximum absolute atomic E-state index is 13.3. The van der Waals surface area contributed by atoms with Crippen molar-refractivity contribution >= 4 is 34.5 Å². The molecule has 0 saturated heterocycles. The van der Waals surface area contributed by atoms with E-state index in [1.54, 1.807) is 6.07 Å². The van der Waals surface area contributed by atoms with E-state index in [4.69, 9.17) is 7.85 Å². The third-order valence-corrected chi connectivity index (χ3v) is 7.59. The Hall–Kier alpha value is -1.95. The highest BCUT2D eigenvalue weighted by Crippen LogP contribution is 2.44. The fraction of sp³-hybridized carbons (Fsp3) is 0.429. The summed E-state index contributed by atoms with van der Waals surface area (Å²) in [5, 5.41) is 10.1. The number of phenols is 1. The Labute approximate surface area is 163 Å². The molecule has 0 aliphatic carbocycles. The van der Waals surface area contributed by atoms with Gasteiger partial charge in [0.1, 0.15) is 13.6 Å². The van der Waals surface area contributed by atoms with Gasteiger partial charge in [-0.1, -0.05) is 50.4 Å². The van der Waals surface area contributed by atoms with E-state index >= 15 is 0 Å². The molecule has 1 unspecified atom stereocenters. The summed E-state index contributed by atoms with van der Waals surface area (Å²) in [5.41, 5.74) is 1.30. The highest BCUT2D eigenvalue weighted by atomic mass is 32.2. The molecule has 0 bridgehead atoms. The van der Waals surface area contributed by atoms with Crippen molar-refractivity contribution in [1.29, 1.82) is 0 Å². The van der Waals surface area contributed by atoms with Gasteiger partial charge in [0.05, 0.1) is 16.3 Å². The maximum atomic E-state index is 13.3. The number of para-hydroxylation sites is 1. The molecular formula is C21H26BNO3S. The molecular weight excluding hydrogens is 357 g/mol. The second-order valence-corrected chi connectivity index (χ2v) is 9.47. The van der Waals surface area contributed by atoms with E-state index < -0.39 is 9.84 Å². The Kier molecular flexibility index (Phi) is 5.56. The summed E-state index contributed by atoms with van der Waals surface area (Å²) >= 11 is 0. The van der Waals surface area contributed by atoms with E-state index in [9.17, 15) is 13.5 Å². The number of hydrogen-bond acceptors (Lipinski definition) is 4. The smallest absolute Gasteiger partial charge is 0.181 e. The minimum atomic E-state index is -3.57. The molecule has 2 radical (unpaired) electrons. The third kappa shape index (κ3) is 3.86. The second-order valence-electron chi connectivity index (χ2n) is 7.52. The SMILES string of the molecule is [B]c1cc2c(cc1O)S(=O)(=O)CC(CC)(CCCC)CN2c1ccccc1. The monoisotopic (exact) mass is 383 g/mol. The molecule has 27 heavy (non-hydrogen) atoms. The lowest BCUT2D eigenvalue weighted by atomic mass is 9.81. The molecule has 0 saturated carbocycles. The van der Waals surface area contributed by atoms with E-state index in [2.05, 4.69) is 18.7 Å². The first-order chi connectivity index (χ1) is 12.8. The van der Waals surface area contributed by atoms with Gasteiger partial charge in [0, 0.05) is 17.6 Å². The summed E-state index contributed by atoms with van der Waals surface area (Å²) in [4.78, 5) is 2.21. The van der Waals surface area contributed by atoms with Crippen LogP contribution in [0.25, 0.3) is 0 Å². The van der Waals surface area contributed by atoms with Crippen LogP contribution in [0, 0.1) is 5.41 Å². The van der Waals surface area contributed by atoms with Crippen molar-refractivity contribution < 1.29 is 13.5 Å². The van der Waals surface area contributed by atoms with Gasteiger partial charge in [-0.25, -0.2) is 8.42 Å². The second kappa shape index (κ2) is 7.59. The number of sulfone groups is 1. The molecule has 1 heterocycles. The van der Waals surface area contributed by atoms with Crippen LogP contribution in [0.5, 0.6) is 5.75 Å². The number of phenolic OH excluding ortho intramolecular Hbond substituents is 1. The zero-order valence-electron chi connectivity index (χ0n) is 16.0. The van der Waals surface area contributed by atoms with Crippen molar-refractivity contribution in [1.82, 2.24) is 0 Å². The van der Waals surface area contributed by atoms with Gasteiger partial charge in [0.2, 0.25) is 0 Å². The van der Waals surface area contributed by atoms with Gasteiger partial charge >= 0.3 is 0 Å². The lowest BCUT2D eigenvalue weighted by Crippen LogP contribution is -2.38. The highest BCUT2D eigenvalue weighted by Gasteiger charge is 2.41. The Bertz CT molecular complexity index is 915. The van der Waals surface area contributed by atoms with Gasteiger partial charge in [-0.15, -0.1) is 0 Å². The van der Waals surface area contributed by atoms with Crippen LogP contribution in [0.3, 0.4) is 0 Å². The first-order valence-corrected chi connectivity index (χ1v) is 11.1. The number of benzene rings is 2. The Balaban J connectivity index is 2.24. The van der Waals surface area contributed by atoms with E-state index in [0.29, 0.717) is 12.2 Å². The number of unbranched alkanes of at least 4 members (excludes halogenated alkanes) is 1. The van der Waals surface area contributed by atoms with Crippen LogP contribution in [-0.2, 0) is 9.84 Å². The Morgan fingerprint density at radius 3 is 2.52 bits per heavy atom. The largest absolute Gasteiger partial charge is 0.509 e. The average Bonchev–Trinajstić information content (AvgIpc) is 2.75. The van der Waals surface area contributed by atoms with Crippen molar-refractivity contribution in [3.63, 3.8) is 0 Å². The molecule has 6 heteroatoms. The quantitative estimate of drug-likeness (QED) is 0.800. The van der Waals surface area contributed by atoms with Crippen LogP contribution in [0.2, 0.25) is 0 Å². The van der Waals surface area contributed by atoms with E-state index in [1.165, 1.54) is 6.07 Å². The van der Waals surface area contributed by atoms with E-state index in [1.807, 2.05) is 30.3 Å². The van der Waals surface area contributed by atoms with Crippen molar-refractivity contribution in [3.8, 4) is 5.75 Å². The van der Waals surface area contributed by atoms with Crippen LogP contribution in [0.4, 0.5) is 11.4 Å². The first kappa shape index (κ1) is 19.8. The van der Waals surface area contributed by atoms with Crippen molar-refractivity contribution in [3.05, 3.63) is 42.5 Å². The maximum Gasteiger partial charge on any atom is 0.181 e. The Morgan fingerprint density at radius 2 is 1.89 bits per heavy atom. The van der Waals surface area contributed by atoms with Gasteiger partial charge in [-0.3, -0.25) is 0 Å². The normalized spacial score (nSPS) is 21.5. The molecule has 2 aromatic carbocycles. The lowest BCUT2D eigenvalue weighted by molar-refractivity contribution is 0.290. The van der Waals surface area contributed by atoms with E-state index in [-0.39, 0.29) is 27.3 Å². The number of nitrogens with zero attached hydrogens (tertiary/aromatic N) is 1. The fourth-order valence-electron chi connectivity index (χ4n) is 3.91. The van der Waals surface area contributed by atoms with Gasteiger partial charge < -0.3 is 10.0 Å². The minimum Gasteiger partial charge on any atom is -0.509 e. The topological polar surface area (TPSA) is 57.6 Å². The van der Waals surface area contributed by atoms with Crippen LogP contribution in [-0.4, -0.2) is 33.7 Å². The molecule has 1 N–H and O–H groups in total. The van der Waals surface area contributed by atoms with Crippen LogP contribution in [0.1, 0.15) is 39.5 Å². The molecule has 0 amide bonds. The molecule has 3 rings (SSSR count). The predicted octanol–water partition coefficient (Wildman–Crippen LogP) is 3.70. The molecule has 0 aromatic heterocycles. The van der Waals surface area contributed by atoms with Crippen LogP contribution < -0.4 is 10.4 Å². The predicted molar refractivity (Wildman–Crippen MR) is 111 cm³/mol. The molecule has 4 nitrogen and oxygen atoms in total. The summed E-state index contributed by atoms with van der Waals surface area (Å²) in [6, 6.07) is 12.7. The van der Waals surface area contributed by atoms with Crippen molar-refractivity contribution in [2.24, 2.45) is 5.41 Å². The Morgan fingerprint density at radius 1 is 1.19 bits per heavy atom. The minimum absolute atomic E-state index is 0.0796. The van der Waals surface area contributed by atoms with Gasteiger partial charge in [0.25, 0.3) is 0 Å². The van der Waals surface area contributed by atoms with Crippen molar-refractivity contribution in [2.75, 3.05) is 17.2 Å². The number of anilines is 2. The zero-order valence-corrected chi connectivity index (χ0v) is 16.8. The fourth-order valence-corrected chi connectivity index (χ4v) is 6.09. The molecule has 0 spiro atoms. The van der Waals surface area contributed by atoms with Crippen LogP contribution >= 0.6 is 0 Å². The number of aromatic hydroxyl groups is 1. The van der Waals surface area contributed by atoms with Crippen molar-refractivity contribution in [2.45, 2.75) is 44.4 Å². The van der Waals surface area contributed by atoms with Gasteiger partial charge in [-0.05, 0) is 37.1 Å².